The molecule has 0 aliphatic rings. The Hall–Kier alpha value is -6.39. The Kier molecular flexibility index (Phi) is 6.43. The van der Waals surface area contributed by atoms with Crippen LogP contribution >= 0.6 is 0 Å². The van der Waals surface area contributed by atoms with Crippen molar-refractivity contribution in [1.82, 2.24) is 15.0 Å². The first-order valence-electron chi connectivity index (χ1n) is 15.7. The highest BCUT2D eigenvalue weighted by Crippen LogP contribution is 2.35. The van der Waals surface area contributed by atoms with Gasteiger partial charge in [-0.15, -0.1) is 0 Å². The third kappa shape index (κ3) is 4.93. The minimum absolute atomic E-state index is 0.596. The van der Waals surface area contributed by atoms with Crippen molar-refractivity contribution in [2.45, 2.75) is 0 Å². The first-order valence-corrected chi connectivity index (χ1v) is 15.7. The number of nitrogens with zero attached hydrogens (tertiary/aromatic N) is 3. The number of para-hydroxylation sites is 1. The van der Waals surface area contributed by atoms with E-state index in [9.17, 15) is 0 Å². The number of furan rings is 1. The van der Waals surface area contributed by atoms with Gasteiger partial charge in [-0.3, -0.25) is 0 Å². The summed E-state index contributed by atoms with van der Waals surface area (Å²) in [5.74, 6) is 1.84. The lowest BCUT2D eigenvalue weighted by Crippen LogP contribution is -2.00. The predicted molar refractivity (Wildman–Crippen MR) is 192 cm³/mol. The molecule has 9 rings (SSSR count). The van der Waals surface area contributed by atoms with E-state index < -0.39 is 0 Å². The van der Waals surface area contributed by atoms with Crippen molar-refractivity contribution in [2.24, 2.45) is 0 Å². The first kappa shape index (κ1) is 27.0. The molecule has 0 aliphatic heterocycles. The largest absolute Gasteiger partial charge is 0.456 e. The van der Waals surface area contributed by atoms with Gasteiger partial charge in [0.05, 0.1) is 0 Å². The highest BCUT2D eigenvalue weighted by atomic mass is 16.3. The topological polar surface area (TPSA) is 51.8 Å². The quantitative estimate of drug-likeness (QED) is 0.197. The van der Waals surface area contributed by atoms with E-state index in [1.807, 2.05) is 30.3 Å². The van der Waals surface area contributed by atoms with E-state index in [2.05, 4.69) is 133 Å². The zero-order valence-corrected chi connectivity index (χ0v) is 25.3. The van der Waals surface area contributed by atoms with E-state index in [-0.39, 0.29) is 0 Å². The van der Waals surface area contributed by atoms with Crippen LogP contribution < -0.4 is 0 Å². The van der Waals surface area contributed by atoms with Crippen LogP contribution in [0.3, 0.4) is 0 Å². The molecule has 7 aromatic carbocycles. The molecule has 0 unspecified atom stereocenters. The number of fused-ring (bicyclic) bond motifs is 4. The summed E-state index contributed by atoms with van der Waals surface area (Å²) in [7, 11) is 0. The molecule has 2 heterocycles. The van der Waals surface area contributed by atoms with Crippen molar-refractivity contribution in [3.63, 3.8) is 0 Å². The lowest BCUT2D eigenvalue weighted by Gasteiger charge is -2.12. The summed E-state index contributed by atoms with van der Waals surface area (Å²) < 4.78 is 6.22. The third-order valence-electron chi connectivity index (χ3n) is 8.75. The molecule has 4 nitrogen and oxygen atoms in total. The molecular formula is C43H27N3O. The third-order valence-corrected chi connectivity index (χ3v) is 8.75. The smallest absolute Gasteiger partial charge is 0.164 e. The molecule has 0 amide bonds. The second kappa shape index (κ2) is 11.2. The number of benzene rings is 7. The normalized spacial score (nSPS) is 11.4. The molecule has 2 aromatic heterocycles. The van der Waals surface area contributed by atoms with E-state index in [0.717, 1.165) is 49.6 Å². The van der Waals surface area contributed by atoms with Crippen molar-refractivity contribution in [3.8, 4) is 56.4 Å². The molecule has 0 radical (unpaired) electrons. The summed E-state index contributed by atoms with van der Waals surface area (Å²) in [5, 5.41) is 4.47. The van der Waals surface area contributed by atoms with E-state index >= 15 is 0 Å². The van der Waals surface area contributed by atoms with Crippen LogP contribution in [0, 0.1) is 0 Å². The van der Waals surface area contributed by atoms with Crippen LogP contribution in [0.2, 0.25) is 0 Å². The van der Waals surface area contributed by atoms with Crippen LogP contribution in [0.25, 0.3) is 89.1 Å². The number of aromatic nitrogens is 3. The Bertz CT molecular complexity index is 2570. The maximum absolute atomic E-state index is 6.22. The van der Waals surface area contributed by atoms with E-state index in [1.54, 1.807) is 0 Å². The van der Waals surface area contributed by atoms with Gasteiger partial charge in [0.15, 0.2) is 17.5 Å². The fraction of sp³-hybridized carbons (Fsp3) is 0. The zero-order valence-electron chi connectivity index (χ0n) is 25.3. The minimum atomic E-state index is 0.596. The average molecular weight is 602 g/mol. The van der Waals surface area contributed by atoms with Gasteiger partial charge in [0, 0.05) is 27.5 Å². The van der Waals surface area contributed by atoms with Crippen molar-refractivity contribution in [2.75, 3.05) is 0 Å². The first-order chi connectivity index (χ1) is 23.3. The minimum Gasteiger partial charge on any atom is -0.456 e. The highest BCUT2D eigenvalue weighted by Gasteiger charge is 2.16. The fourth-order valence-corrected chi connectivity index (χ4v) is 6.36. The fourth-order valence-electron chi connectivity index (χ4n) is 6.36. The molecule has 0 fully saturated rings. The molecule has 0 aliphatic carbocycles. The molecule has 4 heteroatoms. The van der Waals surface area contributed by atoms with Crippen molar-refractivity contribution >= 4 is 32.7 Å². The van der Waals surface area contributed by atoms with Crippen LogP contribution in [0.1, 0.15) is 0 Å². The van der Waals surface area contributed by atoms with E-state index in [1.165, 1.54) is 22.1 Å². The van der Waals surface area contributed by atoms with Crippen LogP contribution in [-0.2, 0) is 0 Å². The number of hydrogen-bond donors (Lipinski definition) is 0. The van der Waals surface area contributed by atoms with Gasteiger partial charge in [0.2, 0.25) is 0 Å². The predicted octanol–water partition coefficient (Wildman–Crippen LogP) is 11.3. The van der Waals surface area contributed by atoms with Crippen LogP contribution in [0.4, 0.5) is 0 Å². The maximum atomic E-state index is 6.22. The van der Waals surface area contributed by atoms with Gasteiger partial charge < -0.3 is 4.42 Å². The summed E-state index contributed by atoms with van der Waals surface area (Å²) in [6.07, 6.45) is 0. The monoisotopic (exact) mass is 601 g/mol. The van der Waals surface area contributed by atoms with Gasteiger partial charge in [-0.25, -0.2) is 15.0 Å². The van der Waals surface area contributed by atoms with Gasteiger partial charge >= 0.3 is 0 Å². The Labute approximate surface area is 271 Å². The second-order valence-corrected chi connectivity index (χ2v) is 11.7. The second-order valence-electron chi connectivity index (χ2n) is 11.7. The number of hydrogen-bond acceptors (Lipinski definition) is 4. The molecule has 0 saturated carbocycles. The zero-order chi connectivity index (χ0) is 31.2. The summed E-state index contributed by atoms with van der Waals surface area (Å²) in [6, 6.07) is 56.5. The lowest BCUT2D eigenvalue weighted by molar-refractivity contribution is 0.669. The van der Waals surface area contributed by atoms with Gasteiger partial charge in [-0.1, -0.05) is 140 Å². The summed E-state index contributed by atoms with van der Waals surface area (Å²) in [6.45, 7) is 0. The van der Waals surface area contributed by atoms with Crippen LogP contribution in [-0.4, -0.2) is 15.0 Å². The Morgan fingerprint density at radius 3 is 1.60 bits per heavy atom. The Balaban J connectivity index is 1.17. The molecule has 0 spiro atoms. The van der Waals surface area contributed by atoms with Gasteiger partial charge in [-0.05, 0) is 57.3 Å². The summed E-state index contributed by atoms with van der Waals surface area (Å²) >= 11 is 0. The van der Waals surface area contributed by atoms with Crippen molar-refractivity contribution < 1.29 is 4.42 Å². The van der Waals surface area contributed by atoms with Crippen molar-refractivity contribution in [3.05, 3.63) is 164 Å². The molecule has 220 valence electrons. The van der Waals surface area contributed by atoms with Gasteiger partial charge in [0.25, 0.3) is 0 Å². The molecule has 0 bridgehead atoms. The van der Waals surface area contributed by atoms with Crippen LogP contribution in [0.5, 0.6) is 0 Å². The average Bonchev–Trinajstić information content (AvgIpc) is 3.53. The molecule has 0 saturated heterocycles. The molecular weight excluding hydrogens is 574 g/mol. The maximum Gasteiger partial charge on any atom is 0.164 e. The Morgan fingerprint density at radius 2 is 0.830 bits per heavy atom. The SMILES string of the molecule is c1ccc(-c2ccccc2-c2ccc(-c3nc(-c4ccc5ccccc5c4)nc(-c4ccc5c(c4)oc4ccccc45)n3)cc2)cc1. The van der Waals surface area contributed by atoms with Crippen molar-refractivity contribution in [1.29, 1.82) is 0 Å². The molecule has 9 aromatic rings. The number of rotatable bonds is 5. The summed E-state index contributed by atoms with van der Waals surface area (Å²) in [4.78, 5) is 15.1. The lowest BCUT2D eigenvalue weighted by atomic mass is 9.94. The Morgan fingerprint density at radius 1 is 0.319 bits per heavy atom. The molecule has 0 N–H and O–H groups in total. The molecule has 47 heavy (non-hydrogen) atoms. The highest BCUT2D eigenvalue weighted by molar-refractivity contribution is 6.05. The van der Waals surface area contributed by atoms with E-state index in [0.29, 0.717) is 17.5 Å². The standard InChI is InChI=1S/C43H27N3O/c1-2-11-29(12-3-1)35-14-6-7-15-36(35)30-19-21-31(22-20-30)41-44-42(33-23-18-28-10-4-5-13-32(28)26-33)46-43(45-41)34-24-25-38-37-16-8-9-17-39(37)47-40(38)27-34/h1-27H. The van der Waals surface area contributed by atoms with E-state index in [4.69, 9.17) is 19.4 Å². The van der Waals surface area contributed by atoms with Gasteiger partial charge in [-0.2, -0.15) is 0 Å². The summed E-state index contributed by atoms with van der Waals surface area (Å²) in [5.41, 5.74) is 9.09. The van der Waals surface area contributed by atoms with Gasteiger partial charge in [0.1, 0.15) is 11.2 Å². The molecule has 0 atom stereocenters. The van der Waals surface area contributed by atoms with Crippen LogP contribution in [0.15, 0.2) is 168 Å².